The summed E-state index contributed by atoms with van der Waals surface area (Å²) in [7, 11) is 0. The normalized spacial score (nSPS) is 46.0. The molecule has 0 N–H and O–H groups in total. The average molecular weight is 338 g/mol. The van der Waals surface area contributed by atoms with Gasteiger partial charge in [-0.05, 0) is 30.1 Å². The second-order valence-electron chi connectivity index (χ2n) is 6.85. The molecule has 126 valence electrons. The SMILES string of the molecule is C=C(OC(C)=O)C12C=C(C(F)(F)F)C3C4[C@@H](C[C@@H]31)C42C(F)(F)F. The maximum Gasteiger partial charge on any atom is 0.412 e. The number of hydrogen-bond donors (Lipinski definition) is 0. The molecule has 0 amide bonds. The zero-order valence-electron chi connectivity index (χ0n) is 11.9. The molecule has 0 heterocycles. The fourth-order valence-corrected chi connectivity index (χ4v) is 6.04. The fourth-order valence-electron chi connectivity index (χ4n) is 6.04. The number of allylic oxidation sites excluding steroid dienone is 2. The molecule has 5 rings (SSSR count). The Hall–Kier alpha value is -1.47. The lowest BCUT2D eigenvalue weighted by Gasteiger charge is -2.37. The van der Waals surface area contributed by atoms with Gasteiger partial charge in [-0.2, -0.15) is 26.3 Å². The van der Waals surface area contributed by atoms with E-state index >= 15 is 0 Å². The molecule has 0 aliphatic heterocycles. The highest BCUT2D eigenvalue weighted by molar-refractivity contribution is 5.68. The van der Waals surface area contributed by atoms with Crippen LogP contribution in [-0.4, -0.2) is 18.3 Å². The molecular weight excluding hydrogens is 326 g/mol. The van der Waals surface area contributed by atoms with Gasteiger partial charge in [0.15, 0.2) is 0 Å². The highest BCUT2D eigenvalue weighted by atomic mass is 19.4. The Bertz CT molecular complexity index is 674. The minimum atomic E-state index is -4.68. The summed E-state index contributed by atoms with van der Waals surface area (Å²) in [5, 5.41) is 0. The topological polar surface area (TPSA) is 26.3 Å². The van der Waals surface area contributed by atoms with Gasteiger partial charge in [0.05, 0.1) is 10.8 Å². The van der Waals surface area contributed by atoms with Crippen LogP contribution in [0.3, 0.4) is 0 Å². The lowest BCUT2D eigenvalue weighted by atomic mass is 9.70. The second kappa shape index (κ2) is 3.62. The van der Waals surface area contributed by atoms with E-state index < -0.39 is 64.2 Å². The number of rotatable bonds is 2. The van der Waals surface area contributed by atoms with Gasteiger partial charge in [-0.3, -0.25) is 4.79 Å². The summed E-state index contributed by atoms with van der Waals surface area (Å²) in [6.07, 6.45) is -8.63. The summed E-state index contributed by atoms with van der Waals surface area (Å²) in [4.78, 5) is 11.1. The maximum absolute atomic E-state index is 13.8. The highest BCUT2D eigenvalue weighted by Crippen LogP contribution is 2.96. The van der Waals surface area contributed by atoms with E-state index in [-0.39, 0.29) is 6.42 Å². The molecule has 2 nitrogen and oxygen atoms in total. The Morgan fingerprint density at radius 1 is 1.26 bits per heavy atom. The van der Waals surface area contributed by atoms with Crippen LogP contribution in [0.15, 0.2) is 24.0 Å². The van der Waals surface area contributed by atoms with Gasteiger partial charge in [0, 0.05) is 12.5 Å². The molecule has 5 aliphatic carbocycles. The van der Waals surface area contributed by atoms with Gasteiger partial charge < -0.3 is 4.74 Å². The summed E-state index contributed by atoms with van der Waals surface area (Å²) < 4.78 is 85.9. The summed E-state index contributed by atoms with van der Waals surface area (Å²) in [6, 6.07) is 0. The molecule has 23 heavy (non-hydrogen) atoms. The monoisotopic (exact) mass is 338 g/mol. The third kappa shape index (κ3) is 1.30. The van der Waals surface area contributed by atoms with E-state index in [9.17, 15) is 31.1 Å². The molecule has 6 bridgehead atoms. The van der Waals surface area contributed by atoms with Crippen LogP contribution >= 0.6 is 0 Å². The van der Waals surface area contributed by atoms with E-state index in [4.69, 9.17) is 4.74 Å². The van der Waals surface area contributed by atoms with Crippen LogP contribution in [0.2, 0.25) is 0 Å². The van der Waals surface area contributed by atoms with Gasteiger partial charge in [-0.25, -0.2) is 0 Å². The first-order chi connectivity index (χ1) is 10.4. The third-order valence-electron chi connectivity index (χ3n) is 6.30. The van der Waals surface area contributed by atoms with Crippen molar-refractivity contribution in [1.82, 2.24) is 0 Å². The summed E-state index contributed by atoms with van der Waals surface area (Å²) in [5.41, 5.74) is -5.14. The number of hydrogen-bond acceptors (Lipinski definition) is 2. The van der Waals surface area contributed by atoms with Crippen molar-refractivity contribution in [1.29, 1.82) is 0 Å². The Kier molecular flexibility index (Phi) is 2.37. The predicted octanol–water partition coefficient (Wildman–Crippen LogP) is 4.00. The Morgan fingerprint density at radius 3 is 2.35 bits per heavy atom. The molecule has 0 aromatic heterocycles. The number of carbonyl (C=O) groups excluding carboxylic acids is 1. The summed E-state index contributed by atoms with van der Waals surface area (Å²) in [5.74, 6) is -5.33. The zero-order valence-corrected chi connectivity index (χ0v) is 11.9. The van der Waals surface area contributed by atoms with Gasteiger partial charge in [0.1, 0.15) is 5.76 Å². The number of carbonyl (C=O) groups is 1. The van der Waals surface area contributed by atoms with Crippen molar-refractivity contribution in [3.8, 4) is 0 Å². The molecule has 4 unspecified atom stereocenters. The van der Waals surface area contributed by atoms with Gasteiger partial charge in [-0.1, -0.05) is 12.7 Å². The molecule has 4 fully saturated rings. The molecule has 0 saturated heterocycles. The first-order valence-corrected chi connectivity index (χ1v) is 7.15. The van der Waals surface area contributed by atoms with Crippen molar-refractivity contribution in [3.63, 3.8) is 0 Å². The van der Waals surface area contributed by atoms with Crippen molar-refractivity contribution < 1.29 is 35.9 Å². The average Bonchev–Trinajstić information content (AvgIpc) is 2.69. The van der Waals surface area contributed by atoms with Crippen molar-refractivity contribution in [2.45, 2.75) is 25.7 Å². The van der Waals surface area contributed by atoms with Crippen molar-refractivity contribution in [2.24, 2.45) is 34.5 Å². The maximum atomic E-state index is 13.8. The Labute approximate surface area is 127 Å². The fraction of sp³-hybridized carbons (Fsp3) is 0.667. The lowest BCUT2D eigenvalue weighted by molar-refractivity contribution is -0.215. The largest absolute Gasteiger partial charge is 0.431 e. The van der Waals surface area contributed by atoms with Crippen LogP contribution < -0.4 is 0 Å². The van der Waals surface area contributed by atoms with Crippen LogP contribution in [0.1, 0.15) is 13.3 Å². The van der Waals surface area contributed by atoms with Crippen LogP contribution in [0, 0.1) is 34.5 Å². The number of ether oxygens (including phenoxy) is 1. The molecular formula is C15H12F6O2. The van der Waals surface area contributed by atoms with Crippen molar-refractivity contribution in [3.05, 3.63) is 24.0 Å². The first kappa shape index (κ1) is 15.1. The molecule has 0 spiro atoms. The second-order valence-corrected chi connectivity index (χ2v) is 6.85. The van der Waals surface area contributed by atoms with E-state index in [2.05, 4.69) is 6.58 Å². The minimum Gasteiger partial charge on any atom is -0.431 e. The van der Waals surface area contributed by atoms with E-state index in [1.807, 2.05) is 0 Å². The smallest absolute Gasteiger partial charge is 0.412 e. The molecule has 4 saturated carbocycles. The van der Waals surface area contributed by atoms with Gasteiger partial charge in [0.2, 0.25) is 0 Å². The van der Waals surface area contributed by atoms with E-state index in [1.165, 1.54) is 0 Å². The summed E-state index contributed by atoms with van der Waals surface area (Å²) >= 11 is 0. The van der Waals surface area contributed by atoms with E-state index in [0.29, 0.717) is 6.08 Å². The molecule has 6 atom stereocenters. The van der Waals surface area contributed by atoms with Crippen molar-refractivity contribution in [2.75, 3.05) is 0 Å². The third-order valence-corrected chi connectivity index (χ3v) is 6.30. The van der Waals surface area contributed by atoms with Crippen LogP contribution in [0.25, 0.3) is 0 Å². The Morgan fingerprint density at radius 2 is 1.87 bits per heavy atom. The van der Waals surface area contributed by atoms with E-state index in [0.717, 1.165) is 6.92 Å². The molecule has 5 aliphatic rings. The van der Waals surface area contributed by atoms with Gasteiger partial charge in [-0.15, -0.1) is 0 Å². The molecule has 0 radical (unpaired) electrons. The van der Waals surface area contributed by atoms with E-state index in [1.54, 1.807) is 0 Å². The first-order valence-electron chi connectivity index (χ1n) is 7.15. The lowest BCUT2D eigenvalue weighted by Crippen LogP contribution is -2.43. The zero-order chi connectivity index (χ0) is 17.2. The highest BCUT2D eigenvalue weighted by Gasteiger charge is 2.99. The quantitative estimate of drug-likeness (QED) is 0.329. The summed E-state index contributed by atoms with van der Waals surface area (Å²) in [6.45, 7) is 4.41. The number of alkyl halides is 6. The van der Waals surface area contributed by atoms with Gasteiger partial charge >= 0.3 is 18.3 Å². The minimum absolute atomic E-state index is 0.0607. The number of halogens is 6. The molecule has 0 aromatic carbocycles. The Balaban J connectivity index is 1.91. The molecule has 8 heteroatoms. The predicted molar refractivity (Wildman–Crippen MR) is 64.5 cm³/mol. The standard InChI is InChI=1S/C15H12F6O2/c1-5(23-6(2)22)12-4-9(14(16,17)18)10-7(12)3-8-11(10)13(8,12)15(19,20)21/h4,7-8,10-11H,1,3H2,2H3/t7-,8+,10?,11?,12?,13?/m0/s1. The van der Waals surface area contributed by atoms with Crippen LogP contribution in [-0.2, 0) is 9.53 Å². The molecule has 0 aromatic rings. The van der Waals surface area contributed by atoms with Crippen LogP contribution in [0.5, 0.6) is 0 Å². The van der Waals surface area contributed by atoms with Crippen LogP contribution in [0.4, 0.5) is 26.3 Å². The van der Waals surface area contributed by atoms with Crippen molar-refractivity contribution >= 4 is 5.97 Å². The van der Waals surface area contributed by atoms with Gasteiger partial charge in [0.25, 0.3) is 0 Å². The number of esters is 1.